The molecule has 0 saturated carbocycles. The van der Waals surface area contributed by atoms with Gasteiger partial charge in [0.1, 0.15) is 11.4 Å². The number of unbranched alkanes of at least 4 members (excludes halogenated alkanes) is 1. The van der Waals surface area contributed by atoms with Crippen molar-refractivity contribution >= 4 is 17.8 Å². The lowest BCUT2D eigenvalue weighted by atomic mass is 9.88. The summed E-state index contributed by atoms with van der Waals surface area (Å²) in [7, 11) is 1.42. The van der Waals surface area contributed by atoms with E-state index in [0.717, 1.165) is 64.5 Å². The van der Waals surface area contributed by atoms with Gasteiger partial charge in [-0.15, -0.1) is 0 Å². The van der Waals surface area contributed by atoms with Crippen molar-refractivity contribution < 1.29 is 23.9 Å². The van der Waals surface area contributed by atoms with Crippen molar-refractivity contribution in [3.05, 3.63) is 0 Å². The minimum Gasteiger partial charge on any atom is -0.469 e. The third-order valence-electron chi connectivity index (χ3n) is 6.35. The molecule has 2 fully saturated rings. The topological polar surface area (TPSA) is 76.2 Å². The highest BCUT2D eigenvalue weighted by Crippen LogP contribution is 2.26. The molecule has 1 atom stereocenters. The summed E-state index contributed by atoms with van der Waals surface area (Å²) in [5, 5.41) is 0. The maximum Gasteiger partial charge on any atom is 0.410 e. The Morgan fingerprint density at radius 2 is 1.65 bits per heavy atom. The van der Waals surface area contributed by atoms with Gasteiger partial charge in [-0.25, -0.2) is 4.79 Å². The lowest BCUT2D eigenvalue weighted by Crippen LogP contribution is -2.45. The molecular weight excluding hydrogens is 396 g/mol. The Morgan fingerprint density at radius 1 is 0.935 bits per heavy atom. The molecule has 2 saturated heterocycles. The number of hydrogen-bond acceptors (Lipinski definition) is 6. The highest BCUT2D eigenvalue weighted by molar-refractivity contribution is 5.84. The van der Waals surface area contributed by atoms with Crippen LogP contribution in [-0.2, 0) is 19.1 Å². The first-order valence-electron chi connectivity index (χ1n) is 12.0. The van der Waals surface area contributed by atoms with Gasteiger partial charge < -0.3 is 14.4 Å². The smallest absolute Gasteiger partial charge is 0.410 e. The molecule has 0 bridgehead atoms. The summed E-state index contributed by atoms with van der Waals surface area (Å²) in [5.74, 6) is 0.700. The number of esters is 1. The van der Waals surface area contributed by atoms with Crippen LogP contribution in [-0.4, -0.2) is 72.6 Å². The zero-order valence-corrected chi connectivity index (χ0v) is 20.0. The summed E-state index contributed by atoms with van der Waals surface area (Å²) in [6.45, 7) is 8.93. The average Bonchev–Trinajstić information content (AvgIpc) is 2.74. The first-order chi connectivity index (χ1) is 14.7. The molecule has 31 heavy (non-hydrogen) atoms. The van der Waals surface area contributed by atoms with E-state index in [1.807, 2.05) is 20.8 Å². The third-order valence-corrected chi connectivity index (χ3v) is 6.35. The Hall–Kier alpha value is -1.63. The van der Waals surface area contributed by atoms with Crippen LogP contribution in [0.5, 0.6) is 0 Å². The molecule has 0 aromatic rings. The van der Waals surface area contributed by atoms with E-state index in [1.54, 1.807) is 4.90 Å². The largest absolute Gasteiger partial charge is 0.469 e. The second-order valence-corrected chi connectivity index (χ2v) is 10.00. The normalized spacial score (nSPS) is 21.0. The van der Waals surface area contributed by atoms with Crippen molar-refractivity contribution in [2.75, 3.05) is 33.3 Å². The molecule has 0 aromatic carbocycles. The molecule has 2 rings (SSSR count). The number of Topliss-reactive ketones (excluding diaryl/α,β-unsaturated/α-hetero) is 1. The highest BCUT2D eigenvalue weighted by Gasteiger charge is 2.30. The van der Waals surface area contributed by atoms with Gasteiger partial charge in [0, 0.05) is 25.9 Å². The quantitative estimate of drug-likeness (QED) is 0.397. The molecule has 0 radical (unpaired) electrons. The lowest BCUT2D eigenvalue weighted by Gasteiger charge is -2.36. The molecule has 2 aliphatic heterocycles. The Morgan fingerprint density at radius 3 is 2.29 bits per heavy atom. The van der Waals surface area contributed by atoms with Crippen molar-refractivity contribution in [1.82, 2.24) is 9.80 Å². The predicted octanol–water partition coefficient (Wildman–Crippen LogP) is 4.18. The summed E-state index contributed by atoms with van der Waals surface area (Å²) in [4.78, 5) is 40.6. The van der Waals surface area contributed by atoms with Crippen LogP contribution in [0.25, 0.3) is 0 Å². The van der Waals surface area contributed by atoms with E-state index >= 15 is 0 Å². The van der Waals surface area contributed by atoms with Crippen molar-refractivity contribution in [3.8, 4) is 0 Å². The van der Waals surface area contributed by atoms with E-state index in [2.05, 4.69) is 4.90 Å². The SMILES string of the molecule is COC(=O)CCCCN1CCCC[C@@H]1C(=O)CCC1CCN(C(=O)OC(C)(C)C)CC1. The number of nitrogens with zero attached hydrogens (tertiary/aromatic N) is 2. The first kappa shape index (κ1) is 25.6. The van der Waals surface area contributed by atoms with Crippen LogP contribution in [0.4, 0.5) is 4.79 Å². The molecule has 0 N–H and O–H groups in total. The van der Waals surface area contributed by atoms with Gasteiger partial charge in [-0.05, 0) is 84.7 Å². The monoisotopic (exact) mass is 438 g/mol. The van der Waals surface area contributed by atoms with E-state index in [9.17, 15) is 14.4 Å². The summed E-state index contributed by atoms with van der Waals surface area (Å²) >= 11 is 0. The number of ether oxygens (including phenoxy) is 2. The zero-order valence-electron chi connectivity index (χ0n) is 20.0. The van der Waals surface area contributed by atoms with Crippen molar-refractivity contribution in [3.63, 3.8) is 0 Å². The Balaban J connectivity index is 1.70. The van der Waals surface area contributed by atoms with Gasteiger partial charge in [0.25, 0.3) is 0 Å². The van der Waals surface area contributed by atoms with E-state index in [4.69, 9.17) is 9.47 Å². The number of methoxy groups -OCH3 is 1. The van der Waals surface area contributed by atoms with Crippen LogP contribution in [0.15, 0.2) is 0 Å². The van der Waals surface area contributed by atoms with Crippen molar-refractivity contribution in [2.24, 2.45) is 5.92 Å². The van der Waals surface area contributed by atoms with Crippen LogP contribution in [0.3, 0.4) is 0 Å². The van der Waals surface area contributed by atoms with E-state index in [-0.39, 0.29) is 18.1 Å². The number of piperidine rings is 2. The number of carbonyl (C=O) groups excluding carboxylic acids is 3. The summed E-state index contributed by atoms with van der Waals surface area (Å²) in [5.41, 5.74) is -0.467. The molecule has 0 aromatic heterocycles. The maximum atomic E-state index is 13.0. The summed E-state index contributed by atoms with van der Waals surface area (Å²) in [6.07, 6.45) is 8.57. The fraction of sp³-hybridized carbons (Fsp3) is 0.875. The standard InChI is InChI=1S/C24H42N2O5/c1-24(2,3)31-23(29)26-17-13-19(14-18-26)11-12-21(27)20-9-5-7-15-25(20)16-8-6-10-22(28)30-4/h19-20H,5-18H2,1-4H3/t20-/m1/s1. The fourth-order valence-electron chi connectivity index (χ4n) is 4.55. The number of carbonyl (C=O) groups is 3. The van der Waals surface area contributed by atoms with Gasteiger partial charge in [0.15, 0.2) is 0 Å². The predicted molar refractivity (Wildman–Crippen MR) is 120 cm³/mol. The molecule has 178 valence electrons. The molecule has 7 nitrogen and oxygen atoms in total. The minimum absolute atomic E-state index is 0.0359. The van der Waals surface area contributed by atoms with Gasteiger partial charge >= 0.3 is 12.1 Å². The Labute approximate surface area is 187 Å². The van der Waals surface area contributed by atoms with Crippen LogP contribution in [0.1, 0.15) is 85.0 Å². The first-order valence-corrected chi connectivity index (χ1v) is 12.0. The van der Waals surface area contributed by atoms with E-state index in [1.165, 1.54) is 7.11 Å². The molecule has 1 amide bonds. The van der Waals surface area contributed by atoms with Crippen LogP contribution in [0.2, 0.25) is 0 Å². The number of amides is 1. The second-order valence-electron chi connectivity index (χ2n) is 10.00. The zero-order chi connectivity index (χ0) is 22.9. The summed E-state index contributed by atoms with van der Waals surface area (Å²) < 4.78 is 10.2. The molecule has 0 unspecified atom stereocenters. The molecule has 2 aliphatic rings. The van der Waals surface area contributed by atoms with Crippen molar-refractivity contribution in [2.45, 2.75) is 96.6 Å². The number of ketones is 1. The van der Waals surface area contributed by atoms with Gasteiger partial charge in [0.05, 0.1) is 13.2 Å². The molecule has 7 heteroatoms. The fourth-order valence-corrected chi connectivity index (χ4v) is 4.55. The maximum absolute atomic E-state index is 13.0. The molecule has 2 heterocycles. The highest BCUT2D eigenvalue weighted by atomic mass is 16.6. The van der Waals surface area contributed by atoms with Crippen LogP contribution < -0.4 is 0 Å². The number of hydrogen-bond donors (Lipinski definition) is 0. The van der Waals surface area contributed by atoms with Gasteiger partial charge in [-0.3, -0.25) is 14.5 Å². The van der Waals surface area contributed by atoms with Gasteiger partial charge in [-0.2, -0.15) is 0 Å². The second kappa shape index (κ2) is 12.4. The molecular formula is C24H42N2O5. The number of likely N-dealkylation sites (tertiary alicyclic amines) is 2. The van der Waals surface area contributed by atoms with Crippen LogP contribution in [0, 0.1) is 5.92 Å². The van der Waals surface area contributed by atoms with E-state index < -0.39 is 5.60 Å². The minimum atomic E-state index is -0.467. The van der Waals surface area contributed by atoms with Gasteiger partial charge in [-0.1, -0.05) is 6.42 Å². The van der Waals surface area contributed by atoms with E-state index in [0.29, 0.717) is 37.6 Å². The molecule has 0 aliphatic carbocycles. The summed E-state index contributed by atoms with van der Waals surface area (Å²) in [6, 6.07) is 0.0359. The van der Waals surface area contributed by atoms with Gasteiger partial charge in [0.2, 0.25) is 0 Å². The average molecular weight is 439 g/mol. The van der Waals surface area contributed by atoms with Crippen LogP contribution >= 0.6 is 0 Å². The third kappa shape index (κ3) is 9.17. The van der Waals surface area contributed by atoms with Crippen molar-refractivity contribution in [1.29, 1.82) is 0 Å². The Kier molecular flexibility index (Phi) is 10.3. The molecule has 0 spiro atoms. The Bertz CT molecular complexity index is 593. The number of rotatable bonds is 9. The lowest BCUT2D eigenvalue weighted by molar-refractivity contribution is -0.140.